The van der Waals surface area contributed by atoms with Crippen molar-refractivity contribution in [2.75, 3.05) is 6.61 Å². The predicted octanol–water partition coefficient (Wildman–Crippen LogP) is 3.03. The Morgan fingerprint density at radius 3 is 2.74 bits per heavy atom. The number of hydrogen-bond donors (Lipinski definition) is 1. The highest BCUT2D eigenvalue weighted by Crippen LogP contribution is 2.14. The van der Waals surface area contributed by atoms with Gasteiger partial charge in [-0.2, -0.15) is 0 Å². The molecule has 0 fully saturated rings. The first kappa shape index (κ1) is 14.9. The lowest BCUT2D eigenvalue weighted by Crippen LogP contribution is -2.09. The predicted molar refractivity (Wildman–Crippen MR) is 71.6 cm³/mol. The van der Waals surface area contributed by atoms with Crippen LogP contribution < -0.4 is 0 Å². The fraction of sp³-hybridized carbons (Fsp3) is 0.357. The highest BCUT2D eigenvalue weighted by molar-refractivity contribution is 5.88. The number of aliphatic hydroxyl groups is 1. The average molecular weight is 263 g/mol. The van der Waals surface area contributed by atoms with Crippen molar-refractivity contribution in [2.24, 2.45) is 5.18 Å². The first-order chi connectivity index (χ1) is 9.08. The third-order valence-electron chi connectivity index (χ3n) is 2.57. The van der Waals surface area contributed by atoms with Crippen LogP contribution >= 0.6 is 0 Å². The summed E-state index contributed by atoms with van der Waals surface area (Å²) in [5.41, 5.74) is 1.58. The van der Waals surface area contributed by atoms with Crippen molar-refractivity contribution in [3.63, 3.8) is 0 Å². The number of carbonyl (C=O) groups is 1. The molecule has 0 heterocycles. The van der Waals surface area contributed by atoms with E-state index in [9.17, 15) is 14.8 Å². The third kappa shape index (κ3) is 4.54. The SMILES string of the molecule is CCOC(=O)C(N=O)=C(O)CCc1cccc(C)c1. The number of rotatable bonds is 6. The van der Waals surface area contributed by atoms with Crippen LogP contribution in [0.2, 0.25) is 0 Å². The number of esters is 1. The van der Waals surface area contributed by atoms with Gasteiger partial charge in [0.05, 0.1) is 6.61 Å². The Morgan fingerprint density at radius 2 is 2.16 bits per heavy atom. The molecule has 1 aromatic carbocycles. The maximum atomic E-state index is 11.3. The molecule has 5 heteroatoms. The van der Waals surface area contributed by atoms with E-state index in [1.54, 1.807) is 6.92 Å². The molecule has 1 N–H and O–H groups in total. The van der Waals surface area contributed by atoms with Crippen LogP contribution in [-0.2, 0) is 16.0 Å². The molecule has 0 saturated carbocycles. The van der Waals surface area contributed by atoms with Crippen LogP contribution in [0.1, 0.15) is 24.5 Å². The summed E-state index contributed by atoms with van der Waals surface area (Å²) in [5, 5.41) is 12.3. The number of hydrogen-bond acceptors (Lipinski definition) is 5. The molecule has 0 radical (unpaired) electrons. The molecule has 1 aromatic rings. The standard InChI is InChI=1S/C14H17NO4/c1-3-19-14(17)13(15-18)12(16)8-7-11-6-4-5-10(2)9-11/h4-6,9,16H,3,7-8H2,1-2H3. The summed E-state index contributed by atoms with van der Waals surface area (Å²) < 4.78 is 4.64. The summed E-state index contributed by atoms with van der Waals surface area (Å²) in [7, 11) is 0. The molecule has 0 bridgehead atoms. The Balaban J connectivity index is 2.73. The van der Waals surface area contributed by atoms with E-state index in [-0.39, 0.29) is 18.8 Å². The lowest BCUT2D eigenvalue weighted by Gasteiger charge is -2.05. The van der Waals surface area contributed by atoms with Gasteiger partial charge in [0.2, 0.25) is 5.70 Å². The number of allylic oxidation sites excluding steroid dienone is 1. The van der Waals surface area contributed by atoms with Crippen molar-refractivity contribution in [2.45, 2.75) is 26.7 Å². The summed E-state index contributed by atoms with van der Waals surface area (Å²) in [6.07, 6.45) is 0.690. The third-order valence-corrected chi connectivity index (χ3v) is 2.57. The van der Waals surface area contributed by atoms with Crippen LogP contribution in [0.15, 0.2) is 40.9 Å². The summed E-state index contributed by atoms with van der Waals surface area (Å²) in [4.78, 5) is 21.9. The van der Waals surface area contributed by atoms with E-state index in [4.69, 9.17) is 0 Å². The van der Waals surface area contributed by atoms with Crippen LogP contribution in [-0.4, -0.2) is 17.7 Å². The summed E-state index contributed by atoms with van der Waals surface area (Å²) >= 11 is 0. The molecule has 0 aromatic heterocycles. The molecule has 0 amide bonds. The minimum Gasteiger partial charge on any atom is -0.510 e. The molecule has 0 saturated heterocycles. The monoisotopic (exact) mass is 263 g/mol. The van der Waals surface area contributed by atoms with Crippen molar-refractivity contribution < 1.29 is 14.6 Å². The Kier molecular flexibility index (Phi) is 5.73. The van der Waals surface area contributed by atoms with Crippen molar-refractivity contribution in [1.29, 1.82) is 0 Å². The number of benzene rings is 1. The molecule has 0 aliphatic rings. The highest BCUT2D eigenvalue weighted by atomic mass is 16.5. The van der Waals surface area contributed by atoms with Gasteiger partial charge in [0.15, 0.2) is 0 Å². The number of nitrogens with zero attached hydrogens (tertiary/aromatic N) is 1. The molecule has 1 rings (SSSR count). The number of ether oxygens (including phenoxy) is 1. The second kappa shape index (κ2) is 7.31. The number of aryl methyl sites for hydroxylation is 2. The van der Waals surface area contributed by atoms with Crippen LogP contribution in [0.25, 0.3) is 0 Å². The molecule has 0 atom stereocenters. The molecule has 0 spiro atoms. The molecule has 5 nitrogen and oxygen atoms in total. The summed E-state index contributed by atoms with van der Waals surface area (Å²) in [6.45, 7) is 3.71. The van der Waals surface area contributed by atoms with Gasteiger partial charge in [0.1, 0.15) is 5.76 Å². The largest absolute Gasteiger partial charge is 0.510 e. The van der Waals surface area contributed by atoms with Crippen LogP contribution in [0.3, 0.4) is 0 Å². The summed E-state index contributed by atoms with van der Waals surface area (Å²) in [5.74, 6) is -1.23. The van der Waals surface area contributed by atoms with E-state index in [0.29, 0.717) is 6.42 Å². The maximum absolute atomic E-state index is 11.3. The van der Waals surface area contributed by atoms with Gasteiger partial charge >= 0.3 is 5.97 Å². The Hall–Kier alpha value is -2.17. The number of nitroso groups, excluding NO2 is 1. The fourth-order valence-electron chi connectivity index (χ4n) is 1.66. The second-order valence-corrected chi connectivity index (χ2v) is 4.10. The fourth-order valence-corrected chi connectivity index (χ4v) is 1.66. The van der Waals surface area contributed by atoms with Gasteiger partial charge in [-0.15, -0.1) is 4.91 Å². The molecular formula is C14H17NO4. The molecule has 0 aliphatic heterocycles. The van der Waals surface area contributed by atoms with E-state index >= 15 is 0 Å². The minimum atomic E-state index is -0.890. The topological polar surface area (TPSA) is 76.0 Å². The van der Waals surface area contributed by atoms with Gasteiger partial charge in [-0.3, -0.25) is 0 Å². The van der Waals surface area contributed by atoms with Crippen LogP contribution in [0, 0.1) is 11.8 Å². The zero-order valence-corrected chi connectivity index (χ0v) is 11.0. The molecule has 102 valence electrons. The van der Waals surface area contributed by atoms with E-state index in [1.807, 2.05) is 31.2 Å². The van der Waals surface area contributed by atoms with Gasteiger partial charge in [-0.25, -0.2) is 4.79 Å². The highest BCUT2D eigenvalue weighted by Gasteiger charge is 2.17. The van der Waals surface area contributed by atoms with Crippen molar-refractivity contribution in [3.05, 3.63) is 51.8 Å². The van der Waals surface area contributed by atoms with E-state index in [2.05, 4.69) is 9.91 Å². The van der Waals surface area contributed by atoms with Crippen molar-refractivity contribution >= 4 is 5.97 Å². The first-order valence-electron chi connectivity index (χ1n) is 6.06. The van der Waals surface area contributed by atoms with Crippen molar-refractivity contribution in [1.82, 2.24) is 0 Å². The lowest BCUT2D eigenvalue weighted by atomic mass is 10.1. The average Bonchev–Trinajstić information content (AvgIpc) is 2.37. The first-order valence-corrected chi connectivity index (χ1v) is 6.06. The normalized spacial score (nSPS) is 11.7. The van der Waals surface area contributed by atoms with Crippen LogP contribution in [0.4, 0.5) is 0 Å². The molecule has 19 heavy (non-hydrogen) atoms. The van der Waals surface area contributed by atoms with Gasteiger partial charge in [-0.05, 0) is 31.0 Å². The second-order valence-electron chi connectivity index (χ2n) is 4.10. The van der Waals surface area contributed by atoms with Crippen LogP contribution in [0.5, 0.6) is 0 Å². The quantitative estimate of drug-likeness (QED) is 0.370. The molecule has 0 unspecified atom stereocenters. The Labute approximate surface area is 111 Å². The number of carbonyl (C=O) groups excluding carboxylic acids is 1. The maximum Gasteiger partial charge on any atom is 0.364 e. The summed E-state index contributed by atoms with van der Waals surface area (Å²) in [6, 6.07) is 7.77. The zero-order valence-electron chi connectivity index (χ0n) is 11.0. The molecular weight excluding hydrogens is 246 g/mol. The zero-order chi connectivity index (χ0) is 14.3. The van der Waals surface area contributed by atoms with Gasteiger partial charge in [0.25, 0.3) is 0 Å². The Bertz CT molecular complexity index is 494. The lowest BCUT2D eigenvalue weighted by molar-refractivity contribution is -0.138. The van der Waals surface area contributed by atoms with Crippen molar-refractivity contribution in [3.8, 4) is 0 Å². The molecule has 0 aliphatic carbocycles. The van der Waals surface area contributed by atoms with E-state index < -0.39 is 11.7 Å². The number of aliphatic hydroxyl groups excluding tert-OH is 1. The smallest absolute Gasteiger partial charge is 0.364 e. The van der Waals surface area contributed by atoms with E-state index in [0.717, 1.165) is 11.1 Å². The Morgan fingerprint density at radius 1 is 1.42 bits per heavy atom. The van der Waals surface area contributed by atoms with Gasteiger partial charge in [0, 0.05) is 6.42 Å². The van der Waals surface area contributed by atoms with Gasteiger partial charge < -0.3 is 9.84 Å². The minimum absolute atomic E-state index is 0.128. The van der Waals surface area contributed by atoms with Gasteiger partial charge in [-0.1, -0.05) is 29.8 Å². The van der Waals surface area contributed by atoms with E-state index in [1.165, 1.54) is 0 Å².